The SMILES string of the molecule is COc1ccc([C@H](CC(=O)Nc2nncs2)NC(C)=O)cc1. The number of hydrogen-bond donors (Lipinski definition) is 2. The number of rotatable bonds is 6. The van der Waals surface area contributed by atoms with Crippen LogP contribution in [0.5, 0.6) is 5.75 Å². The van der Waals surface area contributed by atoms with Crippen LogP contribution in [0.4, 0.5) is 5.13 Å². The number of ether oxygens (including phenoxy) is 1. The van der Waals surface area contributed by atoms with Crippen LogP contribution >= 0.6 is 11.3 Å². The monoisotopic (exact) mass is 320 g/mol. The largest absolute Gasteiger partial charge is 0.497 e. The van der Waals surface area contributed by atoms with Gasteiger partial charge in [-0.25, -0.2) is 0 Å². The Kier molecular flexibility index (Phi) is 5.42. The number of benzene rings is 1. The fourth-order valence-electron chi connectivity index (χ4n) is 1.92. The lowest BCUT2D eigenvalue weighted by molar-refractivity contribution is -0.120. The Morgan fingerprint density at radius 3 is 2.59 bits per heavy atom. The van der Waals surface area contributed by atoms with Gasteiger partial charge in [-0.2, -0.15) is 0 Å². The summed E-state index contributed by atoms with van der Waals surface area (Å²) in [6.45, 7) is 1.42. The van der Waals surface area contributed by atoms with Crippen molar-refractivity contribution in [1.82, 2.24) is 15.5 Å². The van der Waals surface area contributed by atoms with E-state index < -0.39 is 6.04 Å². The highest BCUT2D eigenvalue weighted by molar-refractivity contribution is 7.13. The molecule has 22 heavy (non-hydrogen) atoms. The molecule has 1 atom stereocenters. The molecule has 0 aliphatic carbocycles. The van der Waals surface area contributed by atoms with Crippen molar-refractivity contribution in [1.29, 1.82) is 0 Å². The van der Waals surface area contributed by atoms with Gasteiger partial charge in [-0.1, -0.05) is 23.5 Å². The van der Waals surface area contributed by atoms with Crippen molar-refractivity contribution >= 4 is 28.3 Å². The summed E-state index contributed by atoms with van der Waals surface area (Å²) in [5, 5.41) is 13.3. The maximum atomic E-state index is 12.1. The molecule has 0 aliphatic rings. The summed E-state index contributed by atoms with van der Waals surface area (Å²) < 4.78 is 5.10. The molecule has 2 N–H and O–H groups in total. The van der Waals surface area contributed by atoms with Gasteiger partial charge in [0.05, 0.1) is 19.6 Å². The van der Waals surface area contributed by atoms with Crippen LogP contribution in [0.25, 0.3) is 0 Å². The highest BCUT2D eigenvalue weighted by Crippen LogP contribution is 2.21. The Bertz CT molecular complexity index is 628. The van der Waals surface area contributed by atoms with Gasteiger partial charge in [0, 0.05) is 6.92 Å². The summed E-state index contributed by atoms with van der Waals surface area (Å²) in [4.78, 5) is 23.4. The molecule has 0 saturated carbocycles. The highest BCUT2D eigenvalue weighted by Gasteiger charge is 2.18. The molecule has 7 nitrogen and oxygen atoms in total. The normalized spacial score (nSPS) is 11.5. The second-order valence-electron chi connectivity index (χ2n) is 4.52. The zero-order chi connectivity index (χ0) is 15.9. The smallest absolute Gasteiger partial charge is 0.228 e. The second kappa shape index (κ2) is 7.51. The first-order valence-electron chi connectivity index (χ1n) is 6.55. The summed E-state index contributed by atoms with van der Waals surface area (Å²) in [6.07, 6.45) is 0.103. The van der Waals surface area contributed by atoms with Crippen LogP contribution in [0.2, 0.25) is 0 Å². The van der Waals surface area contributed by atoms with Gasteiger partial charge >= 0.3 is 0 Å². The average molecular weight is 320 g/mol. The van der Waals surface area contributed by atoms with Crippen molar-refractivity contribution in [3.8, 4) is 5.75 Å². The van der Waals surface area contributed by atoms with Gasteiger partial charge in [0.2, 0.25) is 16.9 Å². The van der Waals surface area contributed by atoms with Crippen molar-refractivity contribution in [3.05, 3.63) is 35.3 Å². The van der Waals surface area contributed by atoms with Gasteiger partial charge in [-0.15, -0.1) is 10.2 Å². The molecule has 0 unspecified atom stereocenters. The number of carbonyl (C=O) groups excluding carboxylic acids is 2. The number of nitrogens with zero attached hydrogens (tertiary/aromatic N) is 2. The molecule has 0 radical (unpaired) electrons. The molecule has 8 heteroatoms. The summed E-state index contributed by atoms with van der Waals surface area (Å²) in [5.41, 5.74) is 2.35. The fraction of sp³-hybridized carbons (Fsp3) is 0.286. The summed E-state index contributed by atoms with van der Waals surface area (Å²) >= 11 is 1.23. The summed E-state index contributed by atoms with van der Waals surface area (Å²) in [5.74, 6) is 0.263. The Balaban J connectivity index is 2.07. The molecule has 1 aromatic carbocycles. The van der Waals surface area contributed by atoms with Gasteiger partial charge in [-0.3, -0.25) is 9.59 Å². The fourth-order valence-corrected chi connectivity index (χ4v) is 2.38. The molecule has 116 valence electrons. The maximum Gasteiger partial charge on any atom is 0.228 e. The van der Waals surface area contributed by atoms with E-state index in [2.05, 4.69) is 20.8 Å². The Labute approximate surface area is 131 Å². The Morgan fingerprint density at radius 1 is 1.32 bits per heavy atom. The molecule has 0 spiro atoms. The van der Waals surface area contributed by atoms with Crippen molar-refractivity contribution in [3.63, 3.8) is 0 Å². The lowest BCUT2D eigenvalue weighted by Crippen LogP contribution is -2.29. The van der Waals surface area contributed by atoms with Gasteiger partial charge in [0.25, 0.3) is 0 Å². The molecule has 2 aromatic rings. The van der Waals surface area contributed by atoms with E-state index in [4.69, 9.17) is 4.74 Å². The zero-order valence-electron chi connectivity index (χ0n) is 12.2. The number of methoxy groups -OCH3 is 1. The van der Waals surface area contributed by atoms with Crippen molar-refractivity contribution in [2.75, 3.05) is 12.4 Å². The maximum absolute atomic E-state index is 12.1. The molecule has 1 aromatic heterocycles. The third-order valence-electron chi connectivity index (χ3n) is 2.89. The molecule has 0 bridgehead atoms. The van der Waals surface area contributed by atoms with Gasteiger partial charge < -0.3 is 15.4 Å². The first-order valence-corrected chi connectivity index (χ1v) is 7.43. The van der Waals surface area contributed by atoms with Crippen LogP contribution in [0.15, 0.2) is 29.8 Å². The first-order chi connectivity index (χ1) is 10.6. The number of nitrogens with one attached hydrogen (secondary N) is 2. The lowest BCUT2D eigenvalue weighted by atomic mass is 10.0. The zero-order valence-corrected chi connectivity index (χ0v) is 13.0. The van der Waals surface area contributed by atoms with Crippen molar-refractivity contribution < 1.29 is 14.3 Å². The third-order valence-corrected chi connectivity index (χ3v) is 3.50. The van der Waals surface area contributed by atoms with Gasteiger partial charge in [0.15, 0.2) is 0 Å². The van der Waals surface area contributed by atoms with E-state index in [1.807, 2.05) is 12.1 Å². The van der Waals surface area contributed by atoms with Crippen LogP contribution in [-0.4, -0.2) is 29.1 Å². The van der Waals surface area contributed by atoms with Crippen LogP contribution in [0, 0.1) is 0 Å². The predicted molar refractivity (Wildman–Crippen MR) is 82.7 cm³/mol. The molecular weight excluding hydrogens is 304 g/mol. The van der Waals surface area contributed by atoms with E-state index in [-0.39, 0.29) is 18.2 Å². The second-order valence-corrected chi connectivity index (χ2v) is 5.36. The van der Waals surface area contributed by atoms with Crippen molar-refractivity contribution in [2.24, 2.45) is 0 Å². The summed E-state index contributed by atoms with van der Waals surface area (Å²) in [6, 6.07) is 6.78. The first kappa shape index (κ1) is 15.9. The minimum Gasteiger partial charge on any atom is -0.497 e. The molecule has 0 aliphatic heterocycles. The minimum atomic E-state index is -0.420. The molecule has 0 fully saturated rings. The topological polar surface area (TPSA) is 93.2 Å². The molecule has 2 amide bonds. The van der Waals surface area contributed by atoms with Gasteiger partial charge in [0.1, 0.15) is 11.3 Å². The Morgan fingerprint density at radius 2 is 2.05 bits per heavy atom. The predicted octanol–water partition coefficient (Wildman–Crippen LogP) is 1.75. The molecular formula is C14H16N4O3S. The molecule has 2 rings (SSSR count). The standard InChI is InChI=1S/C14H16N4O3S/c1-9(19)16-12(10-3-5-11(21-2)6-4-10)7-13(20)17-14-18-15-8-22-14/h3-6,8,12H,7H2,1-2H3,(H,16,19)(H,17,18,20)/t12-/m0/s1. The molecule has 0 saturated heterocycles. The van der Waals surface area contributed by atoms with E-state index in [1.54, 1.807) is 19.2 Å². The average Bonchev–Trinajstić information content (AvgIpc) is 2.99. The number of anilines is 1. The van der Waals surface area contributed by atoms with Crippen LogP contribution < -0.4 is 15.4 Å². The van der Waals surface area contributed by atoms with E-state index in [9.17, 15) is 9.59 Å². The number of carbonyl (C=O) groups is 2. The third kappa shape index (κ3) is 4.52. The van der Waals surface area contributed by atoms with E-state index in [1.165, 1.54) is 23.8 Å². The van der Waals surface area contributed by atoms with Crippen LogP contribution in [-0.2, 0) is 9.59 Å². The van der Waals surface area contributed by atoms with Gasteiger partial charge in [-0.05, 0) is 17.7 Å². The Hall–Kier alpha value is -2.48. The highest BCUT2D eigenvalue weighted by atomic mass is 32.1. The van der Waals surface area contributed by atoms with E-state index in [0.29, 0.717) is 10.9 Å². The summed E-state index contributed by atoms with van der Waals surface area (Å²) in [7, 11) is 1.58. The quantitative estimate of drug-likeness (QED) is 0.846. The lowest BCUT2D eigenvalue weighted by Gasteiger charge is -2.18. The van der Waals surface area contributed by atoms with Crippen molar-refractivity contribution in [2.45, 2.75) is 19.4 Å². The number of hydrogen-bond acceptors (Lipinski definition) is 6. The number of aromatic nitrogens is 2. The van der Waals surface area contributed by atoms with Crippen LogP contribution in [0.3, 0.4) is 0 Å². The van der Waals surface area contributed by atoms with E-state index >= 15 is 0 Å². The molecule has 1 heterocycles. The van der Waals surface area contributed by atoms with E-state index in [0.717, 1.165) is 5.56 Å². The van der Waals surface area contributed by atoms with Crippen LogP contribution in [0.1, 0.15) is 24.9 Å². The minimum absolute atomic E-state index is 0.103. The number of amides is 2.